The molecule has 0 aliphatic carbocycles. The summed E-state index contributed by atoms with van der Waals surface area (Å²) in [5, 5.41) is 0.647. The van der Waals surface area contributed by atoms with E-state index in [9.17, 15) is 4.79 Å². The molecule has 0 radical (unpaired) electrons. The van der Waals surface area contributed by atoms with Crippen molar-refractivity contribution in [2.45, 2.75) is 70.4 Å². The summed E-state index contributed by atoms with van der Waals surface area (Å²) >= 11 is 3.40. The molecule has 2 unspecified atom stereocenters. The Morgan fingerprint density at radius 2 is 2.00 bits per heavy atom. The molecule has 0 saturated carbocycles. The molecule has 0 spiro atoms. The first-order chi connectivity index (χ1) is 17.2. The van der Waals surface area contributed by atoms with Crippen molar-refractivity contribution in [3.63, 3.8) is 0 Å². The minimum Gasteiger partial charge on any atom is -0.460 e. The summed E-state index contributed by atoms with van der Waals surface area (Å²) in [6.07, 6.45) is 2.45. The Morgan fingerprint density at radius 3 is 2.64 bits per heavy atom. The van der Waals surface area contributed by atoms with E-state index in [1.54, 1.807) is 18.7 Å². The van der Waals surface area contributed by atoms with E-state index in [-0.39, 0.29) is 29.7 Å². The van der Waals surface area contributed by atoms with Crippen LogP contribution in [-0.4, -0.2) is 78.3 Å². The number of halogens is 2. The highest BCUT2D eigenvalue weighted by atomic mass is 79.9. The molecule has 11 heteroatoms. The van der Waals surface area contributed by atoms with E-state index in [0.717, 1.165) is 24.8 Å². The van der Waals surface area contributed by atoms with Crippen molar-refractivity contribution < 1.29 is 28.1 Å². The second-order valence-electron chi connectivity index (χ2n) is 9.99. The Bertz CT molecular complexity index is 1160. The highest BCUT2D eigenvalue weighted by Gasteiger charge is 2.48. The van der Waals surface area contributed by atoms with Crippen LogP contribution in [0.4, 0.5) is 15.0 Å². The molecule has 4 heterocycles. The molecule has 2 aromatic rings. The van der Waals surface area contributed by atoms with Gasteiger partial charge in [0.15, 0.2) is 5.82 Å². The lowest BCUT2D eigenvalue weighted by Crippen LogP contribution is -2.50. The molecular formula is C25H32BrFN4O5. The Balaban J connectivity index is 1.47. The Kier molecular flexibility index (Phi) is 6.99. The highest BCUT2D eigenvalue weighted by Crippen LogP contribution is 2.40. The summed E-state index contributed by atoms with van der Waals surface area (Å²) in [7, 11) is 1.51. The molecule has 1 aromatic carbocycles. The quantitative estimate of drug-likeness (QED) is 0.474. The number of likely N-dealkylation sites (tertiary alicyclic amines) is 1. The van der Waals surface area contributed by atoms with Gasteiger partial charge in [-0.1, -0.05) is 6.92 Å². The van der Waals surface area contributed by atoms with Crippen LogP contribution in [0.2, 0.25) is 0 Å². The van der Waals surface area contributed by atoms with Crippen molar-refractivity contribution in [1.82, 2.24) is 14.9 Å². The van der Waals surface area contributed by atoms with E-state index < -0.39 is 17.7 Å². The van der Waals surface area contributed by atoms with Gasteiger partial charge in [0.1, 0.15) is 17.4 Å². The van der Waals surface area contributed by atoms with Gasteiger partial charge < -0.3 is 28.7 Å². The number of amides is 1. The predicted octanol–water partition coefficient (Wildman–Crippen LogP) is 4.43. The summed E-state index contributed by atoms with van der Waals surface area (Å²) in [5.74, 6) is -0.777. The Hall–Kier alpha value is -2.24. The number of rotatable bonds is 6. The Labute approximate surface area is 218 Å². The first-order valence-electron chi connectivity index (χ1n) is 12.4. The SMILES string of the molecule is CCc1cc2c(N3CC4CC3CN4C(=O)OC(C)(C)OC)nc(OC3CCOCC3)nc2c(F)c1Br. The van der Waals surface area contributed by atoms with E-state index >= 15 is 4.39 Å². The molecule has 36 heavy (non-hydrogen) atoms. The van der Waals surface area contributed by atoms with Crippen LogP contribution >= 0.6 is 15.9 Å². The van der Waals surface area contributed by atoms with Crippen molar-refractivity contribution in [3.8, 4) is 6.01 Å². The van der Waals surface area contributed by atoms with Crippen molar-refractivity contribution in [1.29, 1.82) is 0 Å². The fraction of sp³-hybridized carbons (Fsp3) is 0.640. The van der Waals surface area contributed by atoms with Crippen LogP contribution in [0.15, 0.2) is 10.5 Å². The van der Waals surface area contributed by atoms with E-state index in [1.165, 1.54) is 7.11 Å². The fourth-order valence-corrected chi connectivity index (χ4v) is 5.74. The number of fused-ring (bicyclic) bond motifs is 3. The molecule has 1 amide bonds. The minimum atomic E-state index is -1.00. The number of aromatic nitrogens is 2. The molecule has 3 aliphatic heterocycles. The van der Waals surface area contributed by atoms with Gasteiger partial charge in [-0.3, -0.25) is 0 Å². The zero-order valence-electron chi connectivity index (χ0n) is 21.1. The Morgan fingerprint density at radius 1 is 1.25 bits per heavy atom. The largest absolute Gasteiger partial charge is 0.460 e. The number of carbonyl (C=O) groups is 1. The third-order valence-electron chi connectivity index (χ3n) is 7.30. The predicted molar refractivity (Wildman–Crippen MR) is 135 cm³/mol. The number of anilines is 1. The topological polar surface area (TPSA) is 86.3 Å². The first kappa shape index (κ1) is 25.4. The average Bonchev–Trinajstić information content (AvgIpc) is 3.48. The van der Waals surface area contributed by atoms with Crippen molar-refractivity contribution in [2.24, 2.45) is 0 Å². The molecule has 9 nitrogen and oxygen atoms in total. The minimum absolute atomic E-state index is 0.0269. The van der Waals surface area contributed by atoms with Crippen LogP contribution in [0, 0.1) is 5.82 Å². The van der Waals surface area contributed by atoms with Crippen LogP contribution in [0.3, 0.4) is 0 Å². The number of piperazine rings is 1. The maximum absolute atomic E-state index is 15.5. The summed E-state index contributed by atoms with van der Waals surface area (Å²) in [6, 6.07) is 2.11. The van der Waals surface area contributed by atoms with Gasteiger partial charge in [0.05, 0.1) is 29.8 Å². The molecule has 3 aliphatic rings. The maximum Gasteiger partial charge on any atom is 0.412 e. The molecule has 1 aromatic heterocycles. The lowest BCUT2D eigenvalue weighted by molar-refractivity contribution is -0.164. The van der Waals surface area contributed by atoms with Gasteiger partial charge in [-0.25, -0.2) is 9.18 Å². The number of hydrogen-bond donors (Lipinski definition) is 0. The van der Waals surface area contributed by atoms with Gasteiger partial charge in [-0.15, -0.1) is 0 Å². The van der Waals surface area contributed by atoms with Crippen LogP contribution in [0.5, 0.6) is 6.01 Å². The zero-order chi connectivity index (χ0) is 25.6. The van der Waals surface area contributed by atoms with Crippen molar-refractivity contribution in [2.75, 3.05) is 38.3 Å². The van der Waals surface area contributed by atoms with Crippen molar-refractivity contribution >= 4 is 38.7 Å². The van der Waals surface area contributed by atoms with Gasteiger partial charge in [0.2, 0.25) is 5.79 Å². The molecular weight excluding hydrogens is 535 g/mol. The summed E-state index contributed by atoms with van der Waals surface area (Å²) in [4.78, 5) is 26.0. The lowest BCUT2D eigenvalue weighted by Gasteiger charge is -2.36. The average molecular weight is 567 g/mol. The third kappa shape index (κ3) is 4.72. The molecule has 3 saturated heterocycles. The fourth-order valence-electron chi connectivity index (χ4n) is 5.15. The smallest absolute Gasteiger partial charge is 0.412 e. The zero-order valence-corrected chi connectivity index (χ0v) is 22.6. The van der Waals surface area contributed by atoms with E-state index in [0.29, 0.717) is 48.4 Å². The number of benzene rings is 1. The molecule has 0 N–H and O–H groups in total. The normalized spacial score (nSPS) is 22.5. The summed E-state index contributed by atoms with van der Waals surface area (Å²) in [5.41, 5.74) is 1.08. The highest BCUT2D eigenvalue weighted by molar-refractivity contribution is 9.10. The van der Waals surface area contributed by atoms with Crippen molar-refractivity contribution in [3.05, 3.63) is 21.9 Å². The van der Waals surface area contributed by atoms with Gasteiger partial charge in [0, 0.05) is 52.3 Å². The van der Waals surface area contributed by atoms with Gasteiger partial charge in [0.25, 0.3) is 0 Å². The molecule has 3 fully saturated rings. The van der Waals surface area contributed by atoms with Crippen LogP contribution in [0.1, 0.15) is 45.6 Å². The van der Waals surface area contributed by atoms with E-state index in [1.807, 2.05) is 13.0 Å². The standard InChI is InChI=1S/C25H32BrFN4O5/c1-5-14-10-18-21(20(27)19(14)26)28-23(35-17-6-8-34-9-7-17)29-22(18)30-12-16-11-15(30)13-31(16)24(32)36-25(2,3)33-4/h10,15-17H,5-9,11-13H2,1-4H3. The number of carbonyl (C=O) groups excluding carboxylic acids is 1. The molecule has 2 bridgehead atoms. The monoisotopic (exact) mass is 566 g/mol. The number of aryl methyl sites for hydroxylation is 1. The lowest BCUT2D eigenvalue weighted by atomic mass is 10.1. The third-order valence-corrected chi connectivity index (χ3v) is 8.16. The van der Waals surface area contributed by atoms with Crippen LogP contribution < -0.4 is 9.64 Å². The number of nitrogens with zero attached hydrogens (tertiary/aromatic N) is 4. The summed E-state index contributed by atoms with van der Waals surface area (Å²) < 4.78 is 38.2. The molecule has 196 valence electrons. The van der Waals surface area contributed by atoms with Gasteiger partial charge in [-0.05, 0) is 40.4 Å². The van der Waals surface area contributed by atoms with Gasteiger partial charge in [-0.2, -0.15) is 9.97 Å². The molecule has 2 atom stereocenters. The van der Waals surface area contributed by atoms with Crippen LogP contribution in [-0.2, 0) is 20.6 Å². The van der Waals surface area contributed by atoms with E-state index in [4.69, 9.17) is 23.9 Å². The number of methoxy groups -OCH3 is 1. The number of ether oxygens (including phenoxy) is 4. The first-order valence-corrected chi connectivity index (χ1v) is 13.2. The maximum atomic E-state index is 15.5. The second-order valence-corrected chi connectivity index (χ2v) is 10.8. The second kappa shape index (κ2) is 9.90. The summed E-state index contributed by atoms with van der Waals surface area (Å²) in [6.45, 7) is 7.68. The molecule has 5 rings (SSSR count). The van der Waals surface area contributed by atoms with E-state index in [2.05, 4.69) is 25.8 Å². The van der Waals surface area contributed by atoms with Gasteiger partial charge >= 0.3 is 12.1 Å². The van der Waals surface area contributed by atoms with Crippen LogP contribution in [0.25, 0.3) is 10.9 Å². The number of hydrogen-bond acceptors (Lipinski definition) is 8.